The van der Waals surface area contributed by atoms with Gasteiger partial charge in [0.05, 0.1) is 5.56 Å². The van der Waals surface area contributed by atoms with E-state index in [9.17, 15) is 0 Å². The van der Waals surface area contributed by atoms with E-state index >= 15 is 0 Å². The summed E-state index contributed by atoms with van der Waals surface area (Å²) in [6.45, 7) is 2.29. The zero-order valence-electron chi connectivity index (χ0n) is 8.98. The van der Waals surface area contributed by atoms with Crippen LogP contribution in [-0.2, 0) is 0 Å². The third kappa shape index (κ3) is 2.34. The van der Waals surface area contributed by atoms with Crippen LogP contribution in [0.25, 0.3) is 0 Å². The van der Waals surface area contributed by atoms with E-state index in [0.717, 1.165) is 18.8 Å². The first-order valence-electron chi connectivity index (χ1n) is 5.34. The Bertz CT molecular complexity index is 355. The van der Waals surface area contributed by atoms with Gasteiger partial charge in [-0.15, -0.1) is 0 Å². The molecule has 0 N–H and O–H groups in total. The average Bonchev–Trinajstić information content (AvgIpc) is 2.30. The van der Waals surface area contributed by atoms with Gasteiger partial charge in [0.15, 0.2) is 0 Å². The van der Waals surface area contributed by atoms with Crippen LogP contribution in [0.1, 0.15) is 30.0 Å². The van der Waals surface area contributed by atoms with E-state index in [1.807, 2.05) is 12.1 Å². The molecule has 0 atom stereocenters. The summed E-state index contributed by atoms with van der Waals surface area (Å²) in [7, 11) is 2.16. The molecular formula is C12H15N3. The van der Waals surface area contributed by atoms with Gasteiger partial charge in [0.2, 0.25) is 0 Å². The number of piperidine rings is 1. The minimum Gasteiger partial charge on any atom is -0.306 e. The SMILES string of the molecule is CN1CCC(c2ccc(C#N)cn2)CC1. The van der Waals surface area contributed by atoms with E-state index in [0.29, 0.717) is 11.5 Å². The number of hydrogen-bond donors (Lipinski definition) is 0. The molecule has 1 aromatic rings. The first-order chi connectivity index (χ1) is 7.29. The Balaban J connectivity index is 2.07. The van der Waals surface area contributed by atoms with Crippen molar-refractivity contribution < 1.29 is 0 Å². The van der Waals surface area contributed by atoms with Crippen molar-refractivity contribution in [1.82, 2.24) is 9.88 Å². The summed E-state index contributed by atoms with van der Waals surface area (Å²) in [6.07, 6.45) is 4.03. The lowest BCUT2D eigenvalue weighted by Gasteiger charge is -2.28. The van der Waals surface area contributed by atoms with Crippen LogP contribution in [0.3, 0.4) is 0 Å². The van der Waals surface area contributed by atoms with E-state index < -0.39 is 0 Å². The van der Waals surface area contributed by atoms with Gasteiger partial charge < -0.3 is 4.90 Å². The Morgan fingerprint density at radius 2 is 2.13 bits per heavy atom. The zero-order chi connectivity index (χ0) is 10.7. The summed E-state index contributed by atoms with van der Waals surface area (Å²) in [5, 5.41) is 8.68. The van der Waals surface area contributed by atoms with Gasteiger partial charge in [-0.25, -0.2) is 0 Å². The highest BCUT2D eigenvalue weighted by Gasteiger charge is 2.18. The van der Waals surface area contributed by atoms with Gasteiger partial charge in [-0.3, -0.25) is 4.98 Å². The molecule has 2 heterocycles. The molecule has 2 rings (SSSR count). The fraction of sp³-hybridized carbons (Fsp3) is 0.500. The van der Waals surface area contributed by atoms with Crippen molar-refractivity contribution in [1.29, 1.82) is 5.26 Å². The Morgan fingerprint density at radius 1 is 1.40 bits per heavy atom. The van der Waals surface area contributed by atoms with Crippen LogP contribution in [0.4, 0.5) is 0 Å². The minimum absolute atomic E-state index is 0.578. The monoisotopic (exact) mass is 201 g/mol. The molecule has 15 heavy (non-hydrogen) atoms. The number of nitrogens with zero attached hydrogens (tertiary/aromatic N) is 3. The number of likely N-dealkylation sites (tertiary alicyclic amines) is 1. The Hall–Kier alpha value is -1.40. The molecule has 0 aliphatic carbocycles. The van der Waals surface area contributed by atoms with Crippen LogP contribution in [0, 0.1) is 11.3 Å². The van der Waals surface area contributed by atoms with Gasteiger partial charge in [0.1, 0.15) is 6.07 Å². The minimum atomic E-state index is 0.578. The lowest BCUT2D eigenvalue weighted by molar-refractivity contribution is 0.253. The number of hydrogen-bond acceptors (Lipinski definition) is 3. The van der Waals surface area contributed by atoms with E-state index in [1.165, 1.54) is 12.8 Å². The standard InChI is InChI=1S/C12H15N3/c1-15-6-4-11(5-7-15)12-3-2-10(8-13)9-14-12/h2-3,9,11H,4-7H2,1H3. The molecular weight excluding hydrogens is 186 g/mol. The van der Waals surface area contributed by atoms with Gasteiger partial charge in [-0.1, -0.05) is 0 Å². The molecule has 0 saturated carbocycles. The fourth-order valence-electron chi connectivity index (χ4n) is 2.02. The van der Waals surface area contributed by atoms with E-state index in [1.54, 1.807) is 6.20 Å². The molecule has 3 heteroatoms. The third-order valence-corrected chi connectivity index (χ3v) is 3.05. The summed E-state index contributed by atoms with van der Waals surface area (Å²) in [4.78, 5) is 6.70. The molecule has 1 aliphatic heterocycles. The van der Waals surface area contributed by atoms with Crippen LogP contribution in [-0.4, -0.2) is 30.0 Å². The second kappa shape index (κ2) is 4.41. The van der Waals surface area contributed by atoms with Crippen molar-refractivity contribution in [3.05, 3.63) is 29.6 Å². The highest BCUT2D eigenvalue weighted by molar-refractivity contribution is 5.27. The fourth-order valence-corrected chi connectivity index (χ4v) is 2.02. The zero-order valence-corrected chi connectivity index (χ0v) is 8.98. The third-order valence-electron chi connectivity index (χ3n) is 3.05. The topological polar surface area (TPSA) is 39.9 Å². The largest absolute Gasteiger partial charge is 0.306 e. The molecule has 0 spiro atoms. The summed E-state index contributed by atoms with van der Waals surface area (Å²) >= 11 is 0. The smallest absolute Gasteiger partial charge is 0.101 e. The quantitative estimate of drug-likeness (QED) is 0.695. The van der Waals surface area contributed by atoms with Crippen molar-refractivity contribution in [2.45, 2.75) is 18.8 Å². The highest BCUT2D eigenvalue weighted by atomic mass is 15.1. The van der Waals surface area contributed by atoms with Crippen molar-refractivity contribution in [3.63, 3.8) is 0 Å². The van der Waals surface area contributed by atoms with Gasteiger partial charge in [-0.2, -0.15) is 5.26 Å². The predicted molar refractivity (Wildman–Crippen MR) is 58.4 cm³/mol. The molecule has 0 unspecified atom stereocenters. The first-order valence-corrected chi connectivity index (χ1v) is 5.34. The van der Waals surface area contributed by atoms with Crippen LogP contribution >= 0.6 is 0 Å². The second-order valence-corrected chi connectivity index (χ2v) is 4.16. The Labute approximate surface area is 90.4 Å². The maximum absolute atomic E-state index is 8.68. The Morgan fingerprint density at radius 3 is 2.67 bits per heavy atom. The van der Waals surface area contributed by atoms with Crippen molar-refractivity contribution >= 4 is 0 Å². The lowest BCUT2D eigenvalue weighted by atomic mass is 9.93. The number of pyridine rings is 1. The molecule has 3 nitrogen and oxygen atoms in total. The molecule has 1 aliphatic rings. The van der Waals surface area contributed by atoms with Gasteiger partial charge in [-0.05, 0) is 45.1 Å². The molecule has 0 aromatic carbocycles. The molecule has 0 bridgehead atoms. The summed E-state index contributed by atoms with van der Waals surface area (Å²) < 4.78 is 0. The number of aromatic nitrogens is 1. The van der Waals surface area contributed by atoms with Gasteiger partial charge >= 0.3 is 0 Å². The molecule has 1 saturated heterocycles. The van der Waals surface area contributed by atoms with Crippen LogP contribution < -0.4 is 0 Å². The van der Waals surface area contributed by atoms with Crippen LogP contribution in [0.5, 0.6) is 0 Å². The van der Waals surface area contributed by atoms with Crippen molar-refractivity contribution in [2.24, 2.45) is 0 Å². The normalized spacial score (nSPS) is 18.7. The summed E-state index contributed by atoms with van der Waals surface area (Å²) in [6, 6.07) is 5.95. The van der Waals surface area contributed by atoms with Crippen LogP contribution in [0.15, 0.2) is 18.3 Å². The lowest BCUT2D eigenvalue weighted by Crippen LogP contribution is -2.29. The maximum Gasteiger partial charge on any atom is 0.101 e. The van der Waals surface area contributed by atoms with Crippen molar-refractivity contribution in [2.75, 3.05) is 20.1 Å². The summed E-state index contributed by atoms with van der Waals surface area (Å²) in [5.41, 5.74) is 1.79. The van der Waals surface area contributed by atoms with Gasteiger partial charge in [0, 0.05) is 17.8 Å². The first kappa shape index (κ1) is 10.1. The molecule has 0 radical (unpaired) electrons. The van der Waals surface area contributed by atoms with E-state index in [-0.39, 0.29) is 0 Å². The molecule has 1 fully saturated rings. The second-order valence-electron chi connectivity index (χ2n) is 4.16. The molecule has 0 amide bonds. The summed E-state index contributed by atoms with van der Waals surface area (Å²) in [5.74, 6) is 0.578. The van der Waals surface area contributed by atoms with Crippen molar-refractivity contribution in [3.8, 4) is 6.07 Å². The Kier molecular flexibility index (Phi) is 2.98. The highest BCUT2D eigenvalue weighted by Crippen LogP contribution is 2.25. The molecule has 1 aromatic heterocycles. The van der Waals surface area contributed by atoms with E-state index in [2.05, 4.69) is 23.0 Å². The number of rotatable bonds is 1. The predicted octanol–water partition coefficient (Wildman–Crippen LogP) is 1.76. The molecule has 78 valence electrons. The van der Waals surface area contributed by atoms with E-state index in [4.69, 9.17) is 5.26 Å². The number of nitriles is 1. The van der Waals surface area contributed by atoms with Crippen LogP contribution in [0.2, 0.25) is 0 Å². The maximum atomic E-state index is 8.68. The van der Waals surface area contributed by atoms with Gasteiger partial charge in [0.25, 0.3) is 0 Å². The average molecular weight is 201 g/mol.